The first kappa shape index (κ1) is 20.7. The summed E-state index contributed by atoms with van der Waals surface area (Å²) in [4.78, 5) is 4.29. The highest BCUT2D eigenvalue weighted by Gasteiger charge is 2.29. The van der Waals surface area contributed by atoms with Crippen molar-refractivity contribution < 1.29 is 13.2 Å². The lowest BCUT2D eigenvalue weighted by atomic mass is 10.0. The van der Waals surface area contributed by atoms with Gasteiger partial charge < -0.3 is 0 Å². The number of halogens is 3. The first-order valence-electron chi connectivity index (χ1n) is 9.10. The van der Waals surface area contributed by atoms with E-state index in [0.717, 1.165) is 30.5 Å². The molecule has 4 heteroatoms. The van der Waals surface area contributed by atoms with Gasteiger partial charge >= 0.3 is 6.18 Å². The molecule has 0 N–H and O–H groups in total. The largest absolute Gasteiger partial charge is 0.416 e. The molecule has 0 spiro atoms. The molecule has 0 aliphatic heterocycles. The molecule has 3 rings (SSSR count). The highest BCUT2D eigenvalue weighted by atomic mass is 19.4. The van der Waals surface area contributed by atoms with Crippen LogP contribution in [-0.2, 0) is 19.0 Å². The molecular weight excluding hydrogens is 347 g/mol. The van der Waals surface area contributed by atoms with Gasteiger partial charge in [-0.1, -0.05) is 55.8 Å². The maximum atomic E-state index is 12.7. The third-order valence-corrected chi connectivity index (χ3v) is 4.16. The molecule has 2 aromatic carbocycles. The summed E-state index contributed by atoms with van der Waals surface area (Å²) >= 11 is 0. The average Bonchev–Trinajstić information content (AvgIpc) is 2.69. The summed E-state index contributed by atoms with van der Waals surface area (Å²) in [6.07, 6.45) is -0.838. The molecule has 0 amide bonds. The first-order valence-corrected chi connectivity index (χ1v) is 9.10. The highest BCUT2D eigenvalue weighted by Crippen LogP contribution is 2.30. The number of aryl methyl sites for hydroxylation is 3. The molecule has 0 aliphatic carbocycles. The van der Waals surface area contributed by atoms with Crippen LogP contribution in [0.25, 0.3) is 11.3 Å². The molecule has 0 fully saturated rings. The normalized spacial score (nSPS) is 10.9. The Balaban J connectivity index is 0.00000126. The molecule has 3 aromatic rings. The third-order valence-electron chi connectivity index (χ3n) is 4.16. The highest BCUT2D eigenvalue weighted by molar-refractivity contribution is 5.60. The predicted molar refractivity (Wildman–Crippen MR) is 105 cm³/mol. The average molecular weight is 371 g/mol. The van der Waals surface area contributed by atoms with Crippen LogP contribution in [0.2, 0.25) is 0 Å². The van der Waals surface area contributed by atoms with Crippen LogP contribution < -0.4 is 0 Å². The van der Waals surface area contributed by atoms with E-state index in [4.69, 9.17) is 0 Å². The van der Waals surface area contributed by atoms with E-state index in [9.17, 15) is 13.2 Å². The lowest BCUT2D eigenvalue weighted by Crippen LogP contribution is -2.04. The summed E-state index contributed by atoms with van der Waals surface area (Å²) in [5.41, 5.74) is 4.34. The molecule has 0 atom stereocenters. The van der Waals surface area contributed by atoms with Crippen molar-refractivity contribution in [3.05, 3.63) is 89.1 Å². The predicted octanol–water partition coefficient (Wildman–Crippen LogP) is 6.89. The van der Waals surface area contributed by atoms with E-state index < -0.39 is 11.7 Å². The van der Waals surface area contributed by atoms with Gasteiger partial charge in [-0.3, -0.25) is 4.98 Å². The maximum Gasteiger partial charge on any atom is 0.416 e. The number of pyridine rings is 1. The zero-order valence-electron chi connectivity index (χ0n) is 15.8. The van der Waals surface area contributed by atoms with E-state index in [0.29, 0.717) is 11.3 Å². The van der Waals surface area contributed by atoms with Gasteiger partial charge in [0.15, 0.2) is 0 Å². The van der Waals surface area contributed by atoms with Gasteiger partial charge in [0.1, 0.15) is 0 Å². The molecular formula is C23H24F3N. The standard InChI is InChI=1S/C21H18F3N.C2H6/c1-15-2-4-16(5-3-15)6-7-17-12-13-25-20(14-17)18-8-10-19(11-9-18)21(22,23)24;1-2/h2-5,8-14H,6-7H2,1H3;1-2H3. The molecule has 0 saturated heterocycles. The zero-order valence-corrected chi connectivity index (χ0v) is 15.8. The van der Waals surface area contributed by atoms with Crippen LogP contribution in [0.5, 0.6) is 0 Å². The van der Waals surface area contributed by atoms with Crippen LogP contribution in [0.1, 0.15) is 36.1 Å². The lowest BCUT2D eigenvalue weighted by Gasteiger charge is -2.08. The van der Waals surface area contributed by atoms with Gasteiger partial charge in [0, 0.05) is 11.8 Å². The summed E-state index contributed by atoms with van der Waals surface area (Å²) in [7, 11) is 0. The van der Waals surface area contributed by atoms with E-state index in [1.54, 1.807) is 6.20 Å². The minimum atomic E-state index is -4.32. The molecule has 1 heterocycles. The first-order chi connectivity index (χ1) is 12.9. The Morgan fingerprint density at radius 2 is 1.37 bits per heavy atom. The second-order valence-corrected chi connectivity index (χ2v) is 6.11. The second-order valence-electron chi connectivity index (χ2n) is 6.11. The smallest absolute Gasteiger partial charge is 0.256 e. The molecule has 0 unspecified atom stereocenters. The van der Waals surface area contributed by atoms with Crippen LogP contribution >= 0.6 is 0 Å². The molecule has 1 nitrogen and oxygen atoms in total. The maximum absolute atomic E-state index is 12.7. The number of benzene rings is 2. The summed E-state index contributed by atoms with van der Waals surface area (Å²) in [6.45, 7) is 6.06. The van der Waals surface area contributed by atoms with Gasteiger partial charge in [0.2, 0.25) is 0 Å². The summed E-state index contributed by atoms with van der Waals surface area (Å²) in [5, 5.41) is 0. The van der Waals surface area contributed by atoms with Gasteiger partial charge in [-0.25, -0.2) is 0 Å². The number of alkyl halides is 3. The second kappa shape index (κ2) is 9.36. The van der Waals surface area contributed by atoms with Crippen LogP contribution in [-0.4, -0.2) is 4.98 Å². The van der Waals surface area contributed by atoms with Gasteiger partial charge in [0.05, 0.1) is 11.3 Å². The van der Waals surface area contributed by atoms with Crippen LogP contribution in [0.15, 0.2) is 66.9 Å². The number of nitrogens with zero attached hydrogens (tertiary/aromatic N) is 1. The monoisotopic (exact) mass is 371 g/mol. The Bertz CT molecular complexity index is 835. The fourth-order valence-electron chi connectivity index (χ4n) is 2.66. The van der Waals surface area contributed by atoms with Crippen LogP contribution in [0.4, 0.5) is 13.2 Å². The van der Waals surface area contributed by atoms with Crippen molar-refractivity contribution in [1.82, 2.24) is 4.98 Å². The van der Waals surface area contributed by atoms with Crippen LogP contribution in [0, 0.1) is 6.92 Å². The molecule has 0 saturated carbocycles. The number of hydrogen-bond donors (Lipinski definition) is 0. The summed E-state index contributed by atoms with van der Waals surface area (Å²) in [5.74, 6) is 0. The van der Waals surface area contributed by atoms with Crippen molar-refractivity contribution in [2.24, 2.45) is 0 Å². The Labute approximate surface area is 158 Å². The van der Waals surface area contributed by atoms with Gasteiger partial charge in [-0.05, 0) is 55.2 Å². The van der Waals surface area contributed by atoms with E-state index in [1.165, 1.54) is 23.3 Å². The zero-order chi connectivity index (χ0) is 19.9. The fraction of sp³-hybridized carbons (Fsp3) is 0.261. The topological polar surface area (TPSA) is 12.9 Å². The molecule has 0 bridgehead atoms. The van der Waals surface area contributed by atoms with E-state index in [1.807, 2.05) is 26.0 Å². The van der Waals surface area contributed by atoms with Gasteiger partial charge in [-0.2, -0.15) is 13.2 Å². The molecule has 0 radical (unpaired) electrons. The minimum Gasteiger partial charge on any atom is -0.256 e. The van der Waals surface area contributed by atoms with Crippen molar-refractivity contribution in [1.29, 1.82) is 0 Å². The van der Waals surface area contributed by atoms with E-state index in [2.05, 4.69) is 36.2 Å². The quantitative estimate of drug-likeness (QED) is 0.487. The SMILES string of the molecule is CC.Cc1ccc(CCc2ccnc(-c3ccc(C(F)(F)F)cc3)c2)cc1. The van der Waals surface area contributed by atoms with Gasteiger partial charge in [-0.15, -0.1) is 0 Å². The van der Waals surface area contributed by atoms with Gasteiger partial charge in [0.25, 0.3) is 0 Å². The number of aromatic nitrogens is 1. The lowest BCUT2D eigenvalue weighted by molar-refractivity contribution is -0.137. The Kier molecular flexibility index (Phi) is 7.17. The van der Waals surface area contributed by atoms with Crippen molar-refractivity contribution in [2.75, 3.05) is 0 Å². The molecule has 142 valence electrons. The van der Waals surface area contributed by atoms with Crippen molar-refractivity contribution >= 4 is 0 Å². The van der Waals surface area contributed by atoms with Crippen molar-refractivity contribution in [3.63, 3.8) is 0 Å². The minimum absolute atomic E-state index is 0.647. The molecule has 27 heavy (non-hydrogen) atoms. The number of rotatable bonds is 4. The molecule has 1 aromatic heterocycles. The third kappa shape index (κ3) is 5.95. The molecule has 0 aliphatic rings. The summed E-state index contributed by atoms with van der Waals surface area (Å²) in [6, 6.07) is 17.4. The Morgan fingerprint density at radius 3 is 1.96 bits per heavy atom. The van der Waals surface area contributed by atoms with Crippen molar-refractivity contribution in [3.8, 4) is 11.3 Å². The van der Waals surface area contributed by atoms with E-state index >= 15 is 0 Å². The Hall–Kier alpha value is -2.62. The van der Waals surface area contributed by atoms with Crippen LogP contribution in [0.3, 0.4) is 0 Å². The fourth-order valence-corrected chi connectivity index (χ4v) is 2.66. The Morgan fingerprint density at radius 1 is 0.778 bits per heavy atom. The summed E-state index contributed by atoms with van der Waals surface area (Å²) < 4.78 is 38.0. The van der Waals surface area contributed by atoms with E-state index in [-0.39, 0.29) is 0 Å². The van der Waals surface area contributed by atoms with Crippen molar-refractivity contribution in [2.45, 2.75) is 39.8 Å². The number of hydrogen-bond acceptors (Lipinski definition) is 1.